The van der Waals surface area contributed by atoms with Gasteiger partial charge in [0.1, 0.15) is 11.8 Å². The molecule has 0 aliphatic rings. The fraction of sp³-hybridized carbons (Fsp3) is 0.300. The maximum Gasteiger partial charge on any atom is 0.141 e. The lowest BCUT2D eigenvalue weighted by Crippen LogP contribution is -1.94. The Labute approximate surface area is 82.7 Å². The highest BCUT2D eigenvalue weighted by atomic mass is 35.5. The average molecular weight is 196 g/mol. The topological polar surface area (TPSA) is 33.0 Å². The van der Waals surface area contributed by atoms with Gasteiger partial charge in [-0.1, -0.05) is 11.6 Å². The van der Waals surface area contributed by atoms with Gasteiger partial charge in [-0.05, 0) is 25.5 Å². The molecule has 2 nitrogen and oxygen atoms in total. The van der Waals surface area contributed by atoms with Gasteiger partial charge in [0.05, 0.1) is 17.7 Å². The van der Waals surface area contributed by atoms with Gasteiger partial charge in [0.2, 0.25) is 0 Å². The SMILES string of the molecule is COc1c(C#N)cc(C)c(Cl)c1C. The lowest BCUT2D eigenvalue weighted by atomic mass is 10.1. The summed E-state index contributed by atoms with van der Waals surface area (Å²) in [6.07, 6.45) is 0. The number of halogens is 1. The van der Waals surface area contributed by atoms with Crippen molar-refractivity contribution in [1.29, 1.82) is 5.26 Å². The average Bonchev–Trinajstić information content (AvgIpc) is 2.13. The van der Waals surface area contributed by atoms with Crippen LogP contribution in [-0.2, 0) is 0 Å². The van der Waals surface area contributed by atoms with Crippen LogP contribution >= 0.6 is 11.6 Å². The fourth-order valence-electron chi connectivity index (χ4n) is 1.29. The van der Waals surface area contributed by atoms with E-state index in [1.165, 1.54) is 7.11 Å². The van der Waals surface area contributed by atoms with E-state index >= 15 is 0 Å². The zero-order valence-corrected chi connectivity index (χ0v) is 8.57. The summed E-state index contributed by atoms with van der Waals surface area (Å²) in [4.78, 5) is 0. The summed E-state index contributed by atoms with van der Waals surface area (Å²) in [5.74, 6) is 0.568. The number of nitriles is 1. The van der Waals surface area contributed by atoms with E-state index < -0.39 is 0 Å². The molecule has 0 aromatic heterocycles. The van der Waals surface area contributed by atoms with Crippen LogP contribution < -0.4 is 4.74 Å². The van der Waals surface area contributed by atoms with Crippen molar-refractivity contribution in [3.8, 4) is 11.8 Å². The number of benzene rings is 1. The second-order valence-corrected chi connectivity index (χ2v) is 3.20. The highest BCUT2D eigenvalue weighted by molar-refractivity contribution is 6.32. The second-order valence-electron chi connectivity index (χ2n) is 2.83. The Morgan fingerprint density at radius 3 is 2.54 bits per heavy atom. The van der Waals surface area contributed by atoms with Crippen LogP contribution in [0.3, 0.4) is 0 Å². The second kappa shape index (κ2) is 3.68. The number of aryl methyl sites for hydroxylation is 1. The van der Waals surface area contributed by atoms with Crippen LogP contribution in [0.1, 0.15) is 16.7 Å². The third kappa shape index (κ3) is 1.61. The molecule has 0 saturated heterocycles. The Morgan fingerprint density at radius 1 is 1.46 bits per heavy atom. The van der Waals surface area contributed by atoms with Crippen molar-refractivity contribution in [2.24, 2.45) is 0 Å². The summed E-state index contributed by atoms with van der Waals surface area (Å²) < 4.78 is 5.10. The van der Waals surface area contributed by atoms with E-state index in [1.807, 2.05) is 13.8 Å². The molecule has 0 N–H and O–H groups in total. The number of nitrogens with zero attached hydrogens (tertiary/aromatic N) is 1. The molecule has 0 heterocycles. The van der Waals surface area contributed by atoms with Gasteiger partial charge in [-0.2, -0.15) is 5.26 Å². The van der Waals surface area contributed by atoms with Gasteiger partial charge in [0.15, 0.2) is 0 Å². The molecule has 0 saturated carbocycles. The summed E-state index contributed by atoms with van der Waals surface area (Å²) in [5.41, 5.74) is 2.25. The molecule has 68 valence electrons. The van der Waals surface area contributed by atoms with Crippen LogP contribution in [0.2, 0.25) is 5.02 Å². The van der Waals surface area contributed by atoms with E-state index in [4.69, 9.17) is 21.6 Å². The molecule has 0 bridgehead atoms. The van der Waals surface area contributed by atoms with Gasteiger partial charge < -0.3 is 4.74 Å². The Morgan fingerprint density at radius 2 is 2.08 bits per heavy atom. The molecule has 0 fully saturated rings. The maximum atomic E-state index is 8.82. The minimum Gasteiger partial charge on any atom is -0.495 e. The largest absolute Gasteiger partial charge is 0.495 e. The molecular weight excluding hydrogens is 186 g/mol. The molecule has 0 aliphatic carbocycles. The monoisotopic (exact) mass is 195 g/mol. The normalized spacial score (nSPS) is 9.46. The number of ether oxygens (including phenoxy) is 1. The van der Waals surface area contributed by atoms with Crippen LogP contribution in [0.15, 0.2) is 6.07 Å². The van der Waals surface area contributed by atoms with Gasteiger partial charge in [-0.15, -0.1) is 0 Å². The van der Waals surface area contributed by atoms with Crippen molar-refractivity contribution < 1.29 is 4.74 Å². The van der Waals surface area contributed by atoms with Crippen molar-refractivity contribution in [3.63, 3.8) is 0 Å². The summed E-state index contributed by atoms with van der Waals surface area (Å²) in [5, 5.41) is 9.48. The zero-order chi connectivity index (χ0) is 10.0. The molecule has 0 atom stereocenters. The van der Waals surface area contributed by atoms with Crippen LogP contribution in [0.5, 0.6) is 5.75 Å². The van der Waals surface area contributed by atoms with E-state index in [9.17, 15) is 0 Å². The Kier molecular flexibility index (Phi) is 2.79. The van der Waals surface area contributed by atoms with E-state index in [2.05, 4.69) is 6.07 Å². The zero-order valence-electron chi connectivity index (χ0n) is 7.81. The van der Waals surface area contributed by atoms with Crippen molar-refractivity contribution in [2.75, 3.05) is 7.11 Å². The highest BCUT2D eigenvalue weighted by Gasteiger charge is 2.11. The number of hydrogen-bond donors (Lipinski definition) is 0. The third-order valence-corrected chi connectivity index (χ3v) is 2.53. The fourth-order valence-corrected chi connectivity index (χ4v) is 1.43. The van der Waals surface area contributed by atoms with Gasteiger partial charge in [-0.3, -0.25) is 0 Å². The van der Waals surface area contributed by atoms with E-state index in [0.717, 1.165) is 11.1 Å². The number of methoxy groups -OCH3 is 1. The predicted molar refractivity (Wildman–Crippen MR) is 52.2 cm³/mol. The lowest BCUT2D eigenvalue weighted by molar-refractivity contribution is 0.410. The molecule has 3 heteroatoms. The first-order valence-electron chi connectivity index (χ1n) is 3.85. The molecule has 0 radical (unpaired) electrons. The quantitative estimate of drug-likeness (QED) is 0.691. The molecule has 0 aliphatic heterocycles. The van der Waals surface area contributed by atoms with Crippen LogP contribution in [0, 0.1) is 25.2 Å². The van der Waals surface area contributed by atoms with E-state index in [0.29, 0.717) is 16.3 Å². The van der Waals surface area contributed by atoms with Crippen molar-refractivity contribution in [2.45, 2.75) is 13.8 Å². The Bertz CT molecular complexity index is 379. The van der Waals surface area contributed by atoms with E-state index in [-0.39, 0.29) is 0 Å². The van der Waals surface area contributed by atoms with Crippen molar-refractivity contribution in [3.05, 3.63) is 27.8 Å². The van der Waals surface area contributed by atoms with Gasteiger partial charge in [-0.25, -0.2) is 0 Å². The number of rotatable bonds is 1. The highest BCUT2D eigenvalue weighted by Crippen LogP contribution is 2.31. The predicted octanol–water partition coefficient (Wildman–Crippen LogP) is 2.84. The third-order valence-electron chi connectivity index (χ3n) is 1.95. The molecular formula is C10H10ClNO. The minimum absolute atomic E-state index is 0.530. The maximum absolute atomic E-state index is 8.82. The molecule has 1 aromatic carbocycles. The minimum atomic E-state index is 0.530. The molecule has 0 amide bonds. The first kappa shape index (κ1) is 9.88. The lowest BCUT2D eigenvalue weighted by Gasteiger charge is -2.10. The summed E-state index contributed by atoms with van der Waals surface area (Å²) in [7, 11) is 1.54. The van der Waals surface area contributed by atoms with Crippen molar-refractivity contribution in [1.82, 2.24) is 0 Å². The van der Waals surface area contributed by atoms with Gasteiger partial charge in [0, 0.05) is 5.56 Å². The summed E-state index contributed by atoms with van der Waals surface area (Å²) in [6, 6.07) is 3.80. The summed E-state index contributed by atoms with van der Waals surface area (Å²) >= 11 is 6.00. The Balaban J connectivity index is 3.50. The summed E-state index contributed by atoms with van der Waals surface area (Å²) in [6.45, 7) is 3.71. The van der Waals surface area contributed by atoms with Crippen LogP contribution in [0.25, 0.3) is 0 Å². The van der Waals surface area contributed by atoms with Crippen LogP contribution in [0.4, 0.5) is 0 Å². The Hall–Kier alpha value is -1.20. The first-order valence-corrected chi connectivity index (χ1v) is 4.23. The van der Waals surface area contributed by atoms with E-state index in [1.54, 1.807) is 6.07 Å². The van der Waals surface area contributed by atoms with Crippen LogP contribution in [-0.4, -0.2) is 7.11 Å². The number of hydrogen-bond acceptors (Lipinski definition) is 2. The molecule has 13 heavy (non-hydrogen) atoms. The van der Waals surface area contributed by atoms with Gasteiger partial charge in [0.25, 0.3) is 0 Å². The standard InChI is InChI=1S/C10H10ClNO/c1-6-4-8(5-12)10(13-3)7(2)9(6)11/h4H,1-3H3. The smallest absolute Gasteiger partial charge is 0.141 e. The molecule has 0 unspecified atom stereocenters. The first-order chi connectivity index (χ1) is 6.11. The molecule has 1 aromatic rings. The van der Waals surface area contributed by atoms with Crippen molar-refractivity contribution >= 4 is 11.6 Å². The molecule has 1 rings (SSSR count). The molecule has 0 spiro atoms. The van der Waals surface area contributed by atoms with Gasteiger partial charge >= 0.3 is 0 Å².